The summed E-state index contributed by atoms with van der Waals surface area (Å²) in [6, 6.07) is 8.34. The fourth-order valence-electron chi connectivity index (χ4n) is 10.6. The van der Waals surface area contributed by atoms with E-state index in [1.54, 1.807) is 6.08 Å². The van der Waals surface area contributed by atoms with Gasteiger partial charge in [-0.05, 0) is 95.7 Å². The van der Waals surface area contributed by atoms with Gasteiger partial charge in [0.05, 0.1) is 40.9 Å². The number of allylic oxidation sites excluding steroid dienone is 9. The number of phosphoric ester groups is 1. The van der Waals surface area contributed by atoms with E-state index in [0.29, 0.717) is 17.0 Å². The van der Waals surface area contributed by atoms with Gasteiger partial charge in [0, 0.05) is 71.6 Å². The Bertz CT molecular complexity index is 3930. The first-order chi connectivity index (χ1) is 39.3. The normalized spacial score (nSPS) is 21.6. The van der Waals surface area contributed by atoms with Crippen LogP contribution >= 0.6 is 23.5 Å². The minimum atomic E-state index is -5.76. The second kappa shape index (κ2) is 25.6. The van der Waals surface area contributed by atoms with E-state index in [9.17, 15) is 63.8 Å². The molecular weight excluding hydrogens is 1210 g/mol. The zero-order valence-corrected chi connectivity index (χ0v) is 52.1. The minimum absolute atomic E-state index is 0.0263. The van der Waals surface area contributed by atoms with Crippen molar-refractivity contribution in [3.8, 4) is 17.6 Å². The number of amides is 1. The van der Waals surface area contributed by atoms with Crippen LogP contribution in [0.15, 0.2) is 99.3 Å². The number of benzene rings is 2. The number of ether oxygens (including phenoxy) is 2. The van der Waals surface area contributed by atoms with Crippen LogP contribution < -0.4 is 26.2 Å². The summed E-state index contributed by atoms with van der Waals surface area (Å²) in [6.45, 7) is 16.5. The number of likely N-dealkylation sites (N-methyl/N-ethyl adjacent to an activating group) is 1. The van der Waals surface area contributed by atoms with E-state index < -0.39 is 91.0 Å². The van der Waals surface area contributed by atoms with Crippen molar-refractivity contribution in [1.29, 1.82) is 0 Å². The smallest absolute Gasteiger partial charge is 0.460 e. The first kappa shape index (κ1) is 66.8. The molecule has 31 heteroatoms. The summed E-state index contributed by atoms with van der Waals surface area (Å²) in [5.41, 5.74) is 3.12. The maximum atomic E-state index is 13.3. The number of nitrogens with one attached hydrogen (secondary N) is 2. The predicted octanol–water partition coefficient (Wildman–Crippen LogP) is 7.32. The van der Waals surface area contributed by atoms with Crippen molar-refractivity contribution in [2.75, 3.05) is 36.9 Å². The number of phosphoric acid groups is 3. The number of H-pyrrole nitrogens is 1. The third-order valence-corrected chi connectivity index (χ3v) is 19.8. The second-order valence-electron chi connectivity index (χ2n) is 22.3. The molecule has 3 unspecified atom stereocenters. The molecule has 8 N–H and O–H groups in total. The van der Waals surface area contributed by atoms with Crippen molar-refractivity contribution < 1.29 is 91.2 Å². The molecule has 4 aliphatic rings. The van der Waals surface area contributed by atoms with Crippen LogP contribution in [0.25, 0.3) is 11.1 Å². The summed E-state index contributed by atoms with van der Waals surface area (Å²) in [4.78, 5) is 79.6. The lowest BCUT2D eigenvalue weighted by Crippen LogP contribution is -2.45. The van der Waals surface area contributed by atoms with Gasteiger partial charge < -0.3 is 39.3 Å². The molecular formula is C54H69N5O21P3S2+. The standard InChI is InChI=1S/C54H68N5O21P3S2/c1-9-59-44-31-45-41(30-40(44)35(2)32-53(59,6)7)36(28-47(78-45)52(3,4)5)16-11-10-12-18-46-54(8,42-29-39(85(73,74)75)21-22-43(42)57(46)26-15-27-84(70,71)72)24-13-19-48(60)55-25-14-17-37-33-58(51(62)56-50(37)61)49-23-20-38(77-49)34-76-82(66,67)80-83(68,69)79-81(63,64)65/h10-12,16,18,21-22,28-33,38,49H,9,13,15,19-20,23-27,34H2,1-8H3,(H7-,55,56,60,61,62,63,64,65,66,67,68,69,70,71,72,73,74,75)/p+1/t38-,49+,54?/m0/s1. The van der Waals surface area contributed by atoms with Crippen molar-refractivity contribution in [3.63, 3.8) is 0 Å². The fraction of sp³-hybridized carbons (Fsp3) is 0.444. The van der Waals surface area contributed by atoms with Gasteiger partial charge in [-0.15, -0.1) is 0 Å². The number of hydrogen-bond donors (Lipinski definition) is 8. The molecule has 3 aromatic rings. The van der Waals surface area contributed by atoms with Crippen molar-refractivity contribution in [2.24, 2.45) is 5.41 Å². The van der Waals surface area contributed by atoms with Crippen LogP contribution in [-0.2, 0) is 62.0 Å². The SMILES string of the molecule is CCN1c2cc3c(cc2C(C)=CC1(C)C)C(=CC=CC=CC1=[N+](CCCS(=O)(=O)O)c2ccc(S(=O)(=O)O)cc2C1(C)CCCC(=O)NCC#Cc1cn([C@H]2CC[C@@H](COP(=O)(O)OP(=O)(O)OP(=O)(O)O)O2)c(=O)[nH]c1=O)C=C(C(C)(C)C)O3. The van der Waals surface area contributed by atoms with Gasteiger partial charge in [-0.1, -0.05) is 63.0 Å². The molecule has 0 bridgehead atoms. The van der Waals surface area contributed by atoms with Crippen LogP contribution in [0.4, 0.5) is 11.4 Å². The van der Waals surface area contributed by atoms with Crippen LogP contribution in [0.3, 0.4) is 0 Å². The summed E-state index contributed by atoms with van der Waals surface area (Å²) in [7, 11) is -25.9. The van der Waals surface area contributed by atoms with Crippen molar-refractivity contribution in [2.45, 2.75) is 122 Å². The van der Waals surface area contributed by atoms with Gasteiger partial charge in [-0.25, -0.2) is 18.5 Å². The Balaban J connectivity index is 1.08. The van der Waals surface area contributed by atoms with Crippen LogP contribution in [-0.4, -0.2) is 115 Å². The summed E-state index contributed by atoms with van der Waals surface area (Å²) in [5, 5.41) is 2.66. The molecule has 7 rings (SSSR count). The van der Waals surface area contributed by atoms with E-state index in [1.807, 2.05) is 41.9 Å². The zero-order chi connectivity index (χ0) is 62.9. The first-order valence-corrected chi connectivity index (χ1v) is 34.2. The highest BCUT2D eigenvalue weighted by Crippen LogP contribution is 2.66. The quantitative estimate of drug-likeness (QED) is 0.0160. The maximum absolute atomic E-state index is 13.3. The third-order valence-electron chi connectivity index (χ3n) is 14.4. The molecule has 1 amide bonds. The van der Waals surface area contributed by atoms with Crippen LogP contribution in [0.2, 0.25) is 0 Å². The summed E-state index contributed by atoms with van der Waals surface area (Å²) in [5.74, 6) is 5.72. The number of anilines is 1. The molecule has 2 aromatic carbocycles. The Morgan fingerprint density at radius 1 is 0.965 bits per heavy atom. The third kappa shape index (κ3) is 16.9. The molecule has 0 saturated carbocycles. The number of hydrogen-bond acceptors (Lipinski definition) is 16. The number of carbonyl (C=O) groups excluding carboxylic acids is 1. The average Bonchev–Trinajstić information content (AvgIpc) is 1.82. The Morgan fingerprint density at radius 2 is 1.68 bits per heavy atom. The van der Waals surface area contributed by atoms with E-state index in [1.165, 1.54) is 18.2 Å². The van der Waals surface area contributed by atoms with Crippen molar-refractivity contribution in [1.82, 2.24) is 14.9 Å². The van der Waals surface area contributed by atoms with E-state index in [0.717, 1.165) is 56.8 Å². The molecule has 1 fully saturated rings. The minimum Gasteiger partial charge on any atom is -0.460 e. The fourth-order valence-corrected chi connectivity index (χ4v) is 14.6. The number of aromatic nitrogens is 2. The second-order valence-corrected chi connectivity index (χ2v) is 29.7. The van der Waals surface area contributed by atoms with Crippen molar-refractivity contribution in [3.05, 3.63) is 128 Å². The van der Waals surface area contributed by atoms with Crippen LogP contribution in [0.1, 0.15) is 122 Å². The number of fused-ring (bicyclic) bond motifs is 3. The summed E-state index contributed by atoms with van der Waals surface area (Å²) in [6.07, 6.45) is 13.0. The topological polar surface area (TPSA) is 377 Å². The molecule has 0 radical (unpaired) electrons. The number of rotatable bonds is 22. The molecule has 462 valence electrons. The molecule has 4 aliphatic heterocycles. The predicted molar refractivity (Wildman–Crippen MR) is 314 cm³/mol. The Kier molecular flexibility index (Phi) is 20.1. The van der Waals surface area contributed by atoms with E-state index >= 15 is 0 Å². The number of aromatic amines is 1. The van der Waals surface area contributed by atoms with Gasteiger partial charge >= 0.3 is 29.2 Å². The van der Waals surface area contributed by atoms with Crippen molar-refractivity contribution >= 4 is 77.8 Å². The molecule has 0 spiro atoms. The highest BCUT2D eigenvalue weighted by molar-refractivity contribution is 7.86. The van der Waals surface area contributed by atoms with E-state index in [-0.39, 0.29) is 73.0 Å². The molecule has 5 heterocycles. The lowest BCUT2D eigenvalue weighted by molar-refractivity contribution is -0.437. The molecule has 85 heavy (non-hydrogen) atoms. The Hall–Kier alpha value is -5.69. The summed E-state index contributed by atoms with van der Waals surface area (Å²) >= 11 is 0. The Labute approximate surface area is 491 Å². The average molecular weight is 1280 g/mol. The monoisotopic (exact) mass is 1280 g/mol. The highest BCUT2D eigenvalue weighted by Gasteiger charge is 2.48. The van der Waals surface area contributed by atoms with E-state index in [2.05, 4.69) is 107 Å². The van der Waals surface area contributed by atoms with Gasteiger partial charge in [0.2, 0.25) is 11.6 Å². The molecule has 1 saturated heterocycles. The van der Waals surface area contributed by atoms with Crippen LogP contribution in [0.5, 0.6) is 5.75 Å². The lowest BCUT2D eigenvalue weighted by Gasteiger charge is -2.43. The van der Waals surface area contributed by atoms with Gasteiger partial charge in [-0.2, -0.15) is 30.0 Å². The molecule has 0 aliphatic carbocycles. The van der Waals surface area contributed by atoms with E-state index in [4.69, 9.17) is 19.3 Å². The Morgan fingerprint density at radius 3 is 2.34 bits per heavy atom. The number of carbonyl (C=O) groups is 1. The number of nitrogens with zero attached hydrogens (tertiary/aromatic N) is 3. The van der Waals surface area contributed by atoms with Gasteiger partial charge in [-0.3, -0.25) is 32.8 Å². The van der Waals surface area contributed by atoms with Gasteiger partial charge in [0.25, 0.3) is 25.8 Å². The van der Waals surface area contributed by atoms with Crippen LogP contribution in [0, 0.1) is 17.3 Å². The van der Waals surface area contributed by atoms with Gasteiger partial charge in [0.1, 0.15) is 29.8 Å². The lowest BCUT2D eigenvalue weighted by atomic mass is 9.75. The largest absolute Gasteiger partial charge is 0.490 e. The maximum Gasteiger partial charge on any atom is 0.490 e. The zero-order valence-electron chi connectivity index (χ0n) is 47.7. The highest BCUT2D eigenvalue weighted by atomic mass is 32.2. The summed E-state index contributed by atoms with van der Waals surface area (Å²) < 4.78 is 131. The van der Waals surface area contributed by atoms with Gasteiger partial charge in [0.15, 0.2) is 5.71 Å². The molecule has 26 nitrogen and oxygen atoms in total. The first-order valence-electron chi connectivity index (χ1n) is 26.7. The molecule has 1 aromatic heterocycles. The molecule has 5 atom stereocenters.